The van der Waals surface area contributed by atoms with E-state index in [1.54, 1.807) is 0 Å². The molecule has 0 aliphatic heterocycles. The molecule has 0 fully saturated rings. The largest absolute Gasteiger partial charge is 0.493 e. The first-order valence-electron chi connectivity index (χ1n) is 6.13. The van der Waals surface area contributed by atoms with Crippen LogP contribution in [0.4, 0.5) is 0 Å². The number of hydrogen-bond donors (Lipinski definition) is 1. The second-order valence-corrected chi connectivity index (χ2v) is 4.04. The maximum absolute atomic E-state index is 10.5. The van der Waals surface area contributed by atoms with Crippen LogP contribution in [0.25, 0.3) is 0 Å². The lowest BCUT2D eigenvalue weighted by molar-refractivity contribution is -0.136. The molecule has 0 aliphatic carbocycles. The highest BCUT2D eigenvalue weighted by molar-refractivity contribution is 5.67. The summed E-state index contributed by atoms with van der Waals surface area (Å²) in [5.41, 5.74) is 2.22. The molecule has 94 valence electrons. The molecule has 1 aromatic carbocycles. The Balaban J connectivity index is 2.73. The molecule has 0 heterocycles. The zero-order chi connectivity index (χ0) is 12.7. The molecule has 0 aliphatic rings. The first-order chi connectivity index (χ1) is 8.17. The monoisotopic (exact) mass is 236 g/mol. The Bertz CT molecular complexity index is 372. The first kappa shape index (κ1) is 13.6. The third-order valence-corrected chi connectivity index (χ3v) is 2.60. The van der Waals surface area contributed by atoms with E-state index in [9.17, 15) is 4.79 Å². The SMILES string of the molecule is CCCOc1ccc(CCC(=O)O)cc1CC. The minimum absolute atomic E-state index is 0.179. The van der Waals surface area contributed by atoms with Crippen molar-refractivity contribution in [3.05, 3.63) is 29.3 Å². The van der Waals surface area contributed by atoms with E-state index in [4.69, 9.17) is 9.84 Å². The van der Waals surface area contributed by atoms with Crippen molar-refractivity contribution in [3.63, 3.8) is 0 Å². The van der Waals surface area contributed by atoms with Gasteiger partial charge < -0.3 is 9.84 Å². The van der Waals surface area contributed by atoms with E-state index in [2.05, 4.69) is 13.8 Å². The second-order valence-electron chi connectivity index (χ2n) is 4.04. The van der Waals surface area contributed by atoms with Gasteiger partial charge in [0, 0.05) is 6.42 Å². The van der Waals surface area contributed by atoms with Gasteiger partial charge in [0.15, 0.2) is 0 Å². The summed E-state index contributed by atoms with van der Waals surface area (Å²) < 4.78 is 5.64. The molecule has 0 unspecified atom stereocenters. The number of hydrogen-bond acceptors (Lipinski definition) is 2. The van der Waals surface area contributed by atoms with Crippen molar-refractivity contribution in [2.45, 2.75) is 39.5 Å². The average Bonchev–Trinajstić information content (AvgIpc) is 2.34. The van der Waals surface area contributed by atoms with Crippen molar-refractivity contribution in [2.24, 2.45) is 0 Å². The number of carboxylic acid groups (broad SMARTS) is 1. The lowest BCUT2D eigenvalue weighted by atomic mass is 10.0. The van der Waals surface area contributed by atoms with E-state index in [1.165, 1.54) is 0 Å². The highest BCUT2D eigenvalue weighted by atomic mass is 16.5. The highest BCUT2D eigenvalue weighted by Crippen LogP contribution is 2.21. The lowest BCUT2D eigenvalue weighted by Crippen LogP contribution is -2.01. The third kappa shape index (κ3) is 4.47. The summed E-state index contributed by atoms with van der Waals surface area (Å²) in [5, 5.41) is 8.65. The van der Waals surface area contributed by atoms with E-state index in [-0.39, 0.29) is 6.42 Å². The standard InChI is InChI=1S/C14H20O3/c1-3-9-17-13-7-5-11(6-8-14(15)16)10-12(13)4-2/h5,7,10H,3-4,6,8-9H2,1-2H3,(H,15,16). The Kier molecular flexibility index (Phi) is 5.53. The van der Waals surface area contributed by atoms with Gasteiger partial charge in [0.25, 0.3) is 0 Å². The van der Waals surface area contributed by atoms with Crippen LogP contribution in [0.2, 0.25) is 0 Å². The van der Waals surface area contributed by atoms with Crippen LogP contribution >= 0.6 is 0 Å². The minimum Gasteiger partial charge on any atom is -0.493 e. The van der Waals surface area contributed by atoms with Crippen molar-refractivity contribution in [1.82, 2.24) is 0 Å². The van der Waals surface area contributed by atoms with E-state index in [1.807, 2.05) is 18.2 Å². The van der Waals surface area contributed by atoms with Crippen LogP contribution in [0, 0.1) is 0 Å². The summed E-state index contributed by atoms with van der Waals surface area (Å²) in [4.78, 5) is 10.5. The molecule has 0 radical (unpaired) electrons. The third-order valence-electron chi connectivity index (χ3n) is 2.60. The Morgan fingerprint density at radius 3 is 2.71 bits per heavy atom. The van der Waals surface area contributed by atoms with Crippen LogP contribution in [0.1, 0.15) is 37.8 Å². The molecule has 0 saturated carbocycles. The van der Waals surface area contributed by atoms with E-state index < -0.39 is 5.97 Å². The van der Waals surface area contributed by atoms with E-state index >= 15 is 0 Å². The summed E-state index contributed by atoms with van der Waals surface area (Å²) in [6.45, 7) is 4.88. The molecule has 0 atom stereocenters. The number of rotatable bonds is 7. The number of aliphatic carboxylic acids is 1. The maximum atomic E-state index is 10.5. The van der Waals surface area contributed by atoms with Crippen molar-refractivity contribution in [1.29, 1.82) is 0 Å². The predicted molar refractivity (Wildman–Crippen MR) is 67.6 cm³/mol. The van der Waals surface area contributed by atoms with E-state index in [0.29, 0.717) is 6.42 Å². The molecule has 1 rings (SSSR count). The molecular weight excluding hydrogens is 216 g/mol. The summed E-state index contributed by atoms with van der Waals surface area (Å²) in [6.07, 6.45) is 2.65. The number of carbonyl (C=O) groups is 1. The average molecular weight is 236 g/mol. The molecule has 0 saturated heterocycles. The Hall–Kier alpha value is -1.51. The fraction of sp³-hybridized carbons (Fsp3) is 0.500. The van der Waals surface area contributed by atoms with Gasteiger partial charge in [0.2, 0.25) is 0 Å². The summed E-state index contributed by atoms with van der Waals surface area (Å²) in [5.74, 6) is 0.169. The fourth-order valence-corrected chi connectivity index (χ4v) is 1.67. The zero-order valence-corrected chi connectivity index (χ0v) is 10.5. The first-order valence-corrected chi connectivity index (χ1v) is 6.13. The maximum Gasteiger partial charge on any atom is 0.303 e. The zero-order valence-electron chi connectivity index (χ0n) is 10.5. The van der Waals surface area contributed by atoms with Gasteiger partial charge in [0.05, 0.1) is 6.61 Å². The van der Waals surface area contributed by atoms with Gasteiger partial charge in [-0.15, -0.1) is 0 Å². The molecule has 0 spiro atoms. The molecule has 17 heavy (non-hydrogen) atoms. The van der Waals surface area contributed by atoms with Crippen molar-refractivity contribution >= 4 is 5.97 Å². The highest BCUT2D eigenvalue weighted by Gasteiger charge is 2.05. The lowest BCUT2D eigenvalue weighted by Gasteiger charge is -2.11. The van der Waals surface area contributed by atoms with Crippen LogP contribution in [0.5, 0.6) is 5.75 Å². The summed E-state index contributed by atoms with van der Waals surface area (Å²) in [6, 6.07) is 5.95. The smallest absolute Gasteiger partial charge is 0.303 e. The molecule has 3 nitrogen and oxygen atoms in total. The van der Waals surface area contributed by atoms with Crippen molar-refractivity contribution in [2.75, 3.05) is 6.61 Å². The van der Waals surface area contributed by atoms with E-state index in [0.717, 1.165) is 36.3 Å². The number of aryl methyl sites for hydroxylation is 2. The Labute approximate surface area is 102 Å². The molecular formula is C14H20O3. The van der Waals surface area contributed by atoms with Gasteiger partial charge in [-0.2, -0.15) is 0 Å². The van der Waals surface area contributed by atoms with Crippen molar-refractivity contribution in [3.8, 4) is 5.75 Å². The van der Waals surface area contributed by atoms with Gasteiger partial charge in [-0.1, -0.05) is 26.0 Å². The molecule has 1 aromatic rings. The molecule has 0 aromatic heterocycles. The van der Waals surface area contributed by atoms with Gasteiger partial charge in [-0.3, -0.25) is 4.79 Å². The van der Waals surface area contributed by atoms with Gasteiger partial charge >= 0.3 is 5.97 Å². The summed E-state index contributed by atoms with van der Waals surface area (Å²) >= 11 is 0. The quantitative estimate of drug-likeness (QED) is 0.791. The Morgan fingerprint density at radius 1 is 1.35 bits per heavy atom. The minimum atomic E-state index is -0.755. The van der Waals surface area contributed by atoms with Crippen LogP contribution in [0.3, 0.4) is 0 Å². The normalized spacial score (nSPS) is 10.2. The number of carboxylic acids is 1. The van der Waals surface area contributed by atoms with Gasteiger partial charge in [-0.25, -0.2) is 0 Å². The van der Waals surface area contributed by atoms with Crippen LogP contribution in [-0.4, -0.2) is 17.7 Å². The molecule has 3 heteroatoms. The topological polar surface area (TPSA) is 46.5 Å². The fourth-order valence-electron chi connectivity index (χ4n) is 1.67. The van der Waals surface area contributed by atoms with Crippen LogP contribution in [-0.2, 0) is 17.6 Å². The number of benzene rings is 1. The predicted octanol–water partition coefficient (Wildman–Crippen LogP) is 3.06. The molecule has 0 bridgehead atoms. The van der Waals surface area contributed by atoms with Crippen LogP contribution in [0.15, 0.2) is 18.2 Å². The molecule has 0 amide bonds. The van der Waals surface area contributed by atoms with Crippen molar-refractivity contribution < 1.29 is 14.6 Å². The molecule has 1 N–H and O–H groups in total. The number of ether oxygens (including phenoxy) is 1. The van der Waals surface area contributed by atoms with Gasteiger partial charge in [0.1, 0.15) is 5.75 Å². The Morgan fingerprint density at radius 2 is 2.12 bits per heavy atom. The summed E-state index contributed by atoms with van der Waals surface area (Å²) in [7, 11) is 0. The van der Waals surface area contributed by atoms with Gasteiger partial charge in [-0.05, 0) is 36.5 Å². The second kappa shape index (κ2) is 6.94. The van der Waals surface area contributed by atoms with Crippen LogP contribution < -0.4 is 4.74 Å².